The van der Waals surface area contributed by atoms with Crippen LogP contribution >= 0.6 is 0 Å². The van der Waals surface area contributed by atoms with Gasteiger partial charge in [0.05, 0.1) is 0 Å². The first-order chi connectivity index (χ1) is 17.8. The van der Waals surface area contributed by atoms with Crippen LogP contribution in [0, 0.1) is 0 Å². The third-order valence-electron chi connectivity index (χ3n) is 5.09. The van der Waals surface area contributed by atoms with Gasteiger partial charge in [-0.3, -0.25) is 13.7 Å². The van der Waals surface area contributed by atoms with Crippen LogP contribution in [0.1, 0.15) is 11.1 Å². The molecule has 0 radical (unpaired) electrons. The second kappa shape index (κ2) is 11.8. The van der Waals surface area contributed by atoms with Gasteiger partial charge in [-0.05, 0) is 34.9 Å². The third-order valence-corrected chi connectivity index (χ3v) is 7.85. The molecule has 0 unspecified atom stereocenters. The molecule has 0 aromatic heterocycles. The van der Waals surface area contributed by atoms with Gasteiger partial charge in [0, 0.05) is 5.56 Å². The van der Waals surface area contributed by atoms with Crippen molar-refractivity contribution in [2.75, 3.05) is 0 Å². The average Bonchev–Trinajstić information content (AvgIpc) is 2.87. The van der Waals surface area contributed by atoms with Crippen LogP contribution < -0.4 is 0 Å². The molecule has 4 aromatic carbocycles. The summed E-state index contributed by atoms with van der Waals surface area (Å²) in [6.07, 6.45) is 2.68. The zero-order chi connectivity index (χ0) is 28.0. The summed E-state index contributed by atoms with van der Waals surface area (Å²) >= 11 is 0. The van der Waals surface area contributed by atoms with Crippen LogP contribution in [0.4, 0.5) is 0 Å². The van der Waals surface area contributed by atoms with Crippen LogP contribution in [0.5, 0.6) is 0 Å². The molecule has 0 fully saturated rings. The molecule has 0 heterocycles. The van der Waals surface area contributed by atoms with Crippen molar-refractivity contribution in [3.63, 3.8) is 0 Å². The molecule has 9 nitrogen and oxygen atoms in total. The average molecular weight is 575 g/mol. The van der Waals surface area contributed by atoms with Crippen molar-refractivity contribution in [1.29, 1.82) is 0 Å². The van der Waals surface area contributed by atoms with Gasteiger partial charge in [0.2, 0.25) is 0 Å². The van der Waals surface area contributed by atoms with Crippen LogP contribution in [0.3, 0.4) is 0 Å². The smallest absolute Gasteiger partial charge is 0.282 e. The summed E-state index contributed by atoms with van der Waals surface area (Å²) < 4.78 is 94.9. The van der Waals surface area contributed by atoms with E-state index >= 15 is 0 Å². The Labute approximate surface area is 221 Å². The van der Waals surface area contributed by atoms with E-state index in [9.17, 15) is 25.3 Å². The first kappa shape index (κ1) is 28.9. The van der Waals surface area contributed by atoms with Gasteiger partial charge in [-0.15, -0.1) is 0 Å². The number of rotatable bonds is 6. The maximum absolute atomic E-state index is 11.3. The highest BCUT2D eigenvalue weighted by Crippen LogP contribution is 2.26. The molecule has 0 aliphatic rings. The lowest BCUT2D eigenvalue weighted by molar-refractivity contribution is 0.480. The van der Waals surface area contributed by atoms with Gasteiger partial charge in [-0.25, -0.2) is 0 Å². The lowest BCUT2D eigenvalue weighted by atomic mass is 10.1. The lowest BCUT2D eigenvalue weighted by Gasteiger charge is -2.06. The first-order valence-electron chi connectivity index (χ1n) is 10.7. The lowest BCUT2D eigenvalue weighted by Crippen LogP contribution is -2.01. The molecule has 4 rings (SSSR count). The molecule has 0 aliphatic carbocycles. The van der Waals surface area contributed by atoms with E-state index in [4.69, 9.17) is 13.7 Å². The molecule has 12 heteroatoms. The quantitative estimate of drug-likeness (QED) is 0.213. The van der Waals surface area contributed by atoms with Gasteiger partial charge < -0.3 is 0 Å². The standard InChI is InChI=1S/C14H12O6S2.C12H10O3S/c15-21(16,17)13-7-3-1-5-11(13)9-10-12-6-2-4-8-14(12)22(18,19)20;13-16(14,15)12-9-5-4-8-11(12)10-6-2-1-3-7-10/h1-10H,(H,15,16,17)(H,18,19,20);1-9H,(H,13,14,15). The largest absolute Gasteiger partial charge is 0.295 e. The summed E-state index contributed by atoms with van der Waals surface area (Å²) in [5.74, 6) is 0. The van der Waals surface area contributed by atoms with Crippen LogP contribution in [0.25, 0.3) is 23.3 Å². The van der Waals surface area contributed by atoms with Crippen molar-refractivity contribution >= 4 is 42.5 Å². The van der Waals surface area contributed by atoms with Crippen LogP contribution in [0.15, 0.2) is 118 Å². The Bertz CT molecular complexity index is 1700. The van der Waals surface area contributed by atoms with Crippen molar-refractivity contribution in [3.05, 3.63) is 114 Å². The van der Waals surface area contributed by atoms with Crippen molar-refractivity contribution in [3.8, 4) is 11.1 Å². The molecule has 0 saturated carbocycles. The summed E-state index contributed by atoms with van der Waals surface area (Å²) in [5, 5.41) is 0. The SMILES string of the molecule is O=S(=O)(O)c1ccccc1-c1ccccc1.O=S(=O)(O)c1ccccc1C=Cc1ccccc1S(=O)(=O)O. The Balaban J connectivity index is 0.000000221. The Morgan fingerprint density at radius 1 is 0.421 bits per heavy atom. The van der Waals surface area contributed by atoms with Crippen molar-refractivity contribution in [1.82, 2.24) is 0 Å². The van der Waals surface area contributed by atoms with Gasteiger partial charge >= 0.3 is 0 Å². The molecular formula is C26H22O9S3. The van der Waals surface area contributed by atoms with Crippen LogP contribution in [0.2, 0.25) is 0 Å². The highest BCUT2D eigenvalue weighted by atomic mass is 32.2. The number of hydrogen-bond donors (Lipinski definition) is 3. The van der Waals surface area contributed by atoms with E-state index in [0.717, 1.165) is 5.56 Å². The summed E-state index contributed by atoms with van der Waals surface area (Å²) in [6.45, 7) is 0. The fourth-order valence-corrected chi connectivity index (χ4v) is 5.52. The second-order valence-electron chi connectivity index (χ2n) is 7.70. The van der Waals surface area contributed by atoms with Crippen LogP contribution in [-0.2, 0) is 30.4 Å². The third kappa shape index (κ3) is 7.68. The van der Waals surface area contributed by atoms with Gasteiger partial charge in [-0.2, -0.15) is 25.3 Å². The molecule has 0 spiro atoms. The molecule has 0 aliphatic heterocycles. The topological polar surface area (TPSA) is 163 Å². The minimum atomic E-state index is -4.40. The molecule has 0 saturated heterocycles. The zero-order valence-corrected chi connectivity index (χ0v) is 21.9. The zero-order valence-electron chi connectivity index (χ0n) is 19.5. The van der Waals surface area contributed by atoms with E-state index in [0.29, 0.717) is 5.56 Å². The van der Waals surface area contributed by atoms with Crippen LogP contribution in [-0.4, -0.2) is 38.9 Å². The van der Waals surface area contributed by atoms with Crippen molar-refractivity contribution in [2.45, 2.75) is 14.7 Å². The fourth-order valence-electron chi connectivity index (χ4n) is 3.43. The minimum absolute atomic E-state index is 0.0683. The molecule has 198 valence electrons. The summed E-state index contributed by atoms with van der Waals surface area (Å²) in [7, 11) is -13.0. The van der Waals surface area contributed by atoms with Gasteiger partial charge in [-0.1, -0.05) is 97.1 Å². The predicted molar refractivity (Wildman–Crippen MR) is 143 cm³/mol. The fraction of sp³-hybridized carbons (Fsp3) is 0. The Morgan fingerprint density at radius 3 is 1.18 bits per heavy atom. The van der Waals surface area contributed by atoms with E-state index in [-0.39, 0.29) is 25.8 Å². The Hall–Kier alpha value is -3.65. The Kier molecular flexibility index (Phi) is 8.99. The van der Waals surface area contributed by atoms with Gasteiger partial charge in [0.15, 0.2) is 0 Å². The van der Waals surface area contributed by atoms with Crippen molar-refractivity contribution in [2.24, 2.45) is 0 Å². The number of hydrogen-bond acceptors (Lipinski definition) is 6. The Morgan fingerprint density at radius 2 is 0.763 bits per heavy atom. The van der Waals surface area contributed by atoms with E-state index in [2.05, 4.69) is 0 Å². The van der Waals surface area contributed by atoms with E-state index in [1.54, 1.807) is 42.5 Å². The normalized spacial score (nSPS) is 12.1. The molecule has 0 atom stereocenters. The maximum Gasteiger partial charge on any atom is 0.295 e. The van der Waals surface area contributed by atoms with Gasteiger partial charge in [0.1, 0.15) is 14.7 Å². The molecule has 0 bridgehead atoms. The first-order valence-corrected chi connectivity index (χ1v) is 15.0. The maximum atomic E-state index is 11.3. The second-order valence-corrected chi connectivity index (χ2v) is 11.9. The highest BCUT2D eigenvalue weighted by molar-refractivity contribution is 7.86. The summed E-state index contributed by atoms with van der Waals surface area (Å²) in [5.41, 5.74) is 1.65. The molecule has 3 N–H and O–H groups in total. The van der Waals surface area contributed by atoms with Gasteiger partial charge in [0.25, 0.3) is 30.4 Å². The molecule has 38 heavy (non-hydrogen) atoms. The summed E-state index contributed by atoms with van der Waals surface area (Å²) in [4.78, 5) is -0.660. The van der Waals surface area contributed by atoms with E-state index < -0.39 is 30.4 Å². The highest BCUT2D eigenvalue weighted by Gasteiger charge is 2.16. The predicted octanol–water partition coefficient (Wildman–Crippen LogP) is 4.95. The van der Waals surface area contributed by atoms with E-state index in [1.807, 2.05) is 18.2 Å². The monoisotopic (exact) mass is 574 g/mol. The summed E-state index contributed by atoms with van der Waals surface area (Å²) in [6, 6.07) is 26.8. The molecule has 0 amide bonds. The molecule has 4 aromatic rings. The van der Waals surface area contributed by atoms with E-state index in [1.165, 1.54) is 54.6 Å². The molecular weight excluding hydrogens is 552 g/mol. The minimum Gasteiger partial charge on any atom is -0.282 e. The number of benzene rings is 4. The van der Waals surface area contributed by atoms with Crippen molar-refractivity contribution < 1.29 is 38.9 Å².